The highest BCUT2D eigenvalue weighted by molar-refractivity contribution is 6.05. The van der Waals surface area contributed by atoms with Crippen LogP contribution < -0.4 is 15.5 Å². The van der Waals surface area contributed by atoms with Crippen LogP contribution in [0.3, 0.4) is 0 Å². The minimum Gasteiger partial charge on any atom is -0.668 e. The number of aliphatic hydroxyl groups excluding tert-OH is 2. The van der Waals surface area contributed by atoms with Gasteiger partial charge in [-0.1, -0.05) is 83.4 Å². The van der Waals surface area contributed by atoms with Gasteiger partial charge in [-0.15, -0.1) is 0 Å². The predicted molar refractivity (Wildman–Crippen MR) is 180 cm³/mol. The van der Waals surface area contributed by atoms with Crippen molar-refractivity contribution in [2.75, 3.05) is 19.5 Å². The normalized spacial score (nSPS) is 13.4. The number of unbranched alkanes of at least 4 members (excludes halogenated alkanes) is 4. The van der Waals surface area contributed by atoms with Gasteiger partial charge in [-0.05, 0) is 54.0 Å². The van der Waals surface area contributed by atoms with Crippen molar-refractivity contribution in [3.05, 3.63) is 71.2 Å². The lowest BCUT2D eigenvalue weighted by atomic mass is 9.78. The van der Waals surface area contributed by atoms with E-state index in [1.807, 2.05) is 12.1 Å². The third kappa shape index (κ3) is 10.7. The molecule has 0 radical (unpaired) electrons. The molecule has 9 heteroatoms. The second kappa shape index (κ2) is 19.1. The number of rotatable bonds is 22. The molecule has 2 heterocycles. The van der Waals surface area contributed by atoms with Gasteiger partial charge in [0.05, 0.1) is 7.11 Å². The Labute approximate surface area is 273 Å². The van der Waals surface area contributed by atoms with Gasteiger partial charge in [0.1, 0.15) is 5.82 Å². The van der Waals surface area contributed by atoms with Crippen molar-refractivity contribution < 1.29 is 29.6 Å². The van der Waals surface area contributed by atoms with Crippen molar-refractivity contribution in [1.82, 2.24) is 9.97 Å². The van der Waals surface area contributed by atoms with Crippen LogP contribution in [0, 0.1) is 11.8 Å². The monoisotopic (exact) mass is 634 g/mol. The number of benzene rings is 1. The molecule has 0 saturated carbocycles. The smallest absolute Gasteiger partial charge is 0.170 e. The van der Waals surface area contributed by atoms with E-state index in [2.05, 4.69) is 23.8 Å². The number of nitrogens with two attached hydrogens (primary N) is 1. The summed E-state index contributed by atoms with van der Waals surface area (Å²) < 4.78 is 5.52. The number of aliphatic hydroxyl groups is 2. The maximum atomic E-state index is 13.1. The number of ketones is 2. The molecular weight excluding hydrogens is 582 g/mol. The number of nitrogen functional groups attached to an aromatic ring is 1. The van der Waals surface area contributed by atoms with Crippen molar-refractivity contribution in [2.45, 2.75) is 103 Å². The number of aromatic nitrogens is 2. The van der Waals surface area contributed by atoms with Crippen LogP contribution in [0.25, 0.3) is 0 Å². The Bertz CT molecular complexity index is 1350. The van der Waals surface area contributed by atoms with Crippen LogP contribution in [0.1, 0.15) is 106 Å². The zero-order valence-corrected chi connectivity index (χ0v) is 27.7. The largest absolute Gasteiger partial charge is 0.668 e. The highest BCUT2D eigenvalue weighted by atomic mass is 16.5. The van der Waals surface area contributed by atoms with Crippen molar-refractivity contribution in [1.29, 1.82) is 0 Å². The fraction of sp³-hybridized carbons (Fsp3) is 0.541. The second-order valence-electron chi connectivity index (χ2n) is 12.4. The number of hydrogen-bond donors (Lipinski definition) is 4. The minimum atomic E-state index is -1.65. The molecule has 0 unspecified atom stereocenters. The number of anilines is 1. The molecule has 0 aliphatic rings. The zero-order valence-electron chi connectivity index (χ0n) is 27.7. The van der Waals surface area contributed by atoms with Gasteiger partial charge in [-0.3, -0.25) is 9.59 Å². The van der Waals surface area contributed by atoms with Gasteiger partial charge in [0.2, 0.25) is 0 Å². The number of hydrogen-bond acceptors (Lipinski definition) is 8. The lowest BCUT2D eigenvalue weighted by Gasteiger charge is -2.29. The molecule has 3 aromatic rings. The number of pyridine rings is 1. The van der Waals surface area contributed by atoms with E-state index in [1.54, 1.807) is 36.7 Å². The van der Waals surface area contributed by atoms with E-state index in [9.17, 15) is 24.9 Å². The highest BCUT2D eigenvalue weighted by Crippen LogP contribution is 2.43. The average molecular weight is 635 g/mol. The predicted octanol–water partition coefficient (Wildman–Crippen LogP) is 5.92. The summed E-state index contributed by atoms with van der Waals surface area (Å²) in [6, 6.07) is 10.7. The van der Waals surface area contributed by atoms with E-state index in [4.69, 9.17) is 10.5 Å². The van der Waals surface area contributed by atoms with Gasteiger partial charge < -0.3 is 30.8 Å². The molecule has 0 spiro atoms. The number of phenolic OH excluding ortho intramolecular Hbond substituents is 1. The molecule has 0 aliphatic heterocycles. The van der Waals surface area contributed by atoms with Crippen LogP contribution in [0.15, 0.2) is 48.8 Å². The van der Waals surface area contributed by atoms with E-state index in [1.165, 1.54) is 7.11 Å². The SMILES string of the molecule is CCCCCC(CCCCC)CC(=O)[C@H](O)C(=O)CCc1cc(OC)c(O)c([C@@H](c2ccnc(N)c2)[C@H](CO)Cc2ccc[n-]2)c1. The maximum absolute atomic E-state index is 13.1. The number of carbonyl (C=O) groups excluding carboxylic acids is 2. The molecule has 46 heavy (non-hydrogen) atoms. The Balaban J connectivity index is 1.82. The summed E-state index contributed by atoms with van der Waals surface area (Å²) >= 11 is 0. The maximum Gasteiger partial charge on any atom is 0.170 e. The number of Topliss-reactive ketones (excluding diaryl/α,β-unsaturated/α-hetero) is 2. The molecule has 5 N–H and O–H groups in total. The number of aryl methyl sites for hydroxylation is 1. The van der Waals surface area contributed by atoms with Gasteiger partial charge in [-0.25, -0.2) is 4.98 Å². The van der Waals surface area contributed by atoms with Crippen LogP contribution in [-0.2, 0) is 22.4 Å². The Morgan fingerprint density at radius 1 is 1.02 bits per heavy atom. The summed E-state index contributed by atoms with van der Waals surface area (Å²) in [6.07, 6.45) is 10.8. The molecule has 0 amide bonds. The molecule has 3 rings (SSSR count). The molecule has 2 aromatic heterocycles. The Morgan fingerprint density at radius 2 is 1.74 bits per heavy atom. The molecule has 1 aromatic carbocycles. The van der Waals surface area contributed by atoms with Crippen LogP contribution in [-0.4, -0.2) is 51.7 Å². The van der Waals surface area contributed by atoms with Crippen molar-refractivity contribution >= 4 is 17.4 Å². The van der Waals surface area contributed by atoms with E-state index < -0.39 is 23.6 Å². The van der Waals surface area contributed by atoms with E-state index in [0.29, 0.717) is 23.4 Å². The van der Waals surface area contributed by atoms with Crippen molar-refractivity contribution in [3.8, 4) is 11.5 Å². The van der Waals surface area contributed by atoms with Crippen molar-refractivity contribution in [3.63, 3.8) is 0 Å². The number of aromatic hydroxyl groups is 1. The molecule has 0 saturated heterocycles. The molecule has 252 valence electrons. The highest BCUT2D eigenvalue weighted by Gasteiger charge is 2.30. The summed E-state index contributed by atoms with van der Waals surface area (Å²) in [5, 5.41) is 32.6. The molecular formula is C37H52N3O6-. The van der Waals surface area contributed by atoms with Crippen LogP contribution in [0.4, 0.5) is 5.82 Å². The molecule has 0 aliphatic carbocycles. The third-order valence-corrected chi connectivity index (χ3v) is 8.87. The molecule has 3 atom stereocenters. The van der Waals surface area contributed by atoms with Crippen molar-refractivity contribution in [2.24, 2.45) is 11.8 Å². The van der Waals surface area contributed by atoms with Gasteiger partial charge in [0.15, 0.2) is 29.2 Å². The van der Waals surface area contributed by atoms with Gasteiger partial charge in [0, 0.05) is 37.1 Å². The number of methoxy groups -OCH3 is 1. The minimum absolute atomic E-state index is 0.0512. The van der Waals surface area contributed by atoms with E-state index in [0.717, 1.165) is 62.6 Å². The summed E-state index contributed by atoms with van der Waals surface area (Å²) in [6.45, 7) is 4.10. The summed E-state index contributed by atoms with van der Waals surface area (Å²) in [4.78, 5) is 34.6. The molecule has 9 nitrogen and oxygen atoms in total. The number of nitrogens with zero attached hydrogens (tertiary/aromatic N) is 2. The Kier molecular flexibility index (Phi) is 15.3. The Hall–Kier alpha value is -3.69. The zero-order chi connectivity index (χ0) is 33.5. The first-order valence-corrected chi connectivity index (χ1v) is 16.7. The number of ether oxygens (including phenoxy) is 1. The lowest BCUT2D eigenvalue weighted by molar-refractivity contribution is -0.139. The van der Waals surface area contributed by atoms with Gasteiger partial charge >= 0.3 is 0 Å². The second-order valence-corrected chi connectivity index (χ2v) is 12.4. The lowest BCUT2D eigenvalue weighted by Crippen LogP contribution is -2.31. The average Bonchev–Trinajstić information content (AvgIpc) is 3.57. The fourth-order valence-corrected chi connectivity index (χ4v) is 6.30. The van der Waals surface area contributed by atoms with Crippen LogP contribution in [0.5, 0.6) is 11.5 Å². The topological polar surface area (TPSA) is 157 Å². The Morgan fingerprint density at radius 3 is 2.33 bits per heavy atom. The first kappa shape index (κ1) is 36.8. The standard InChI is InChI=1S/C37H52N3O6/c1-4-6-8-11-25(12-9-7-5-2)20-32(43)37(45)31(42)15-14-26-19-30(36(44)33(21-26)46-3)35(27-16-18-40-34(38)23-27)28(24-41)22-29-13-10-17-39-29/h10,13,16-19,21,23,25,28,35,37,41,44-45H,4-9,11-12,14-15,20,22,24H2,1-3H3,(H2,38,40)/q-1/t28-,35-,37+/m0/s1. The molecule has 0 fully saturated rings. The summed E-state index contributed by atoms with van der Waals surface area (Å²) in [5.74, 6) is -1.21. The third-order valence-electron chi connectivity index (χ3n) is 8.87. The first-order valence-electron chi connectivity index (χ1n) is 16.7. The van der Waals surface area contributed by atoms with Gasteiger partial charge in [0.25, 0.3) is 0 Å². The number of carbonyl (C=O) groups is 2. The molecule has 0 bridgehead atoms. The summed E-state index contributed by atoms with van der Waals surface area (Å²) in [5.41, 5.74) is 8.77. The quantitative estimate of drug-likeness (QED) is 0.0778. The van der Waals surface area contributed by atoms with E-state index in [-0.39, 0.29) is 49.2 Å². The van der Waals surface area contributed by atoms with Crippen LogP contribution in [0.2, 0.25) is 0 Å². The van der Waals surface area contributed by atoms with E-state index >= 15 is 0 Å². The number of phenols is 1. The summed E-state index contributed by atoms with van der Waals surface area (Å²) in [7, 11) is 1.45. The van der Waals surface area contributed by atoms with Gasteiger partial charge in [-0.2, -0.15) is 11.9 Å². The fourth-order valence-electron chi connectivity index (χ4n) is 6.30. The van der Waals surface area contributed by atoms with Crippen LogP contribution >= 0.6 is 0 Å². The first-order chi connectivity index (χ1) is 22.2.